The number of carbonyl (C=O) groups excluding carboxylic acids is 2. The van der Waals surface area contributed by atoms with Crippen LogP contribution in [-0.4, -0.2) is 62.9 Å². The molecule has 4 rings (SSSR count). The zero-order valence-corrected chi connectivity index (χ0v) is 26.5. The van der Waals surface area contributed by atoms with Crippen molar-refractivity contribution < 1.29 is 41.1 Å². The van der Waals surface area contributed by atoms with Gasteiger partial charge in [-0.25, -0.2) is 9.59 Å². The number of carbonyl (C=O) groups is 2. The van der Waals surface area contributed by atoms with Gasteiger partial charge in [0.05, 0.1) is 55.4 Å². The average Bonchev–Trinajstić information content (AvgIpc) is 2.93. The van der Waals surface area contributed by atoms with Crippen molar-refractivity contribution in [2.24, 2.45) is 0 Å². The summed E-state index contributed by atoms with van der Waals surface area (Å²) < 4.78 is 45.3. The Hall–Kier alpha value is -3.86. The van der Waals surface area contributed by atoms with Crippen LogP contribution in [-0.2, 0) is 27.9 Å². The standard InChI is InChI=1S/C33H39N2O7S/c1-7-15-34-28-12-9-8-11-26(28)30(33(37)42-31-22(2)18-25(19-23(31)3)32(36)41-6)27-20-24(13-14-29(27)34)21-35(4,5)16-10-17-43(38,39)40/h8-9,11-14,18-20H,7,10,15-17,21H2,1-6H3/q+1/p+1. The van der Waals surface area contributed by atoms with E-state index in [1.807, 2.05) is 56.6 Å². The number of hydrogen-bond acceptors (Lipinski definition) is 6. The lowest BCUT2D eigenvalue weighted by Crippen LogP contribution is -2.40. The first-order valence-electron chi connectivity index (χ1n) is 14.3. The molecule has 43 heavy (non-hydrogen) atoms. The molecule has 1 heterocycles. The summed E-state index contributed by atoms with van der Waals surface area (Å²) in [6, 6.07) is 17.2. The van der Waals surface area contributed by atoms with E-state index in [2.05, 4.69) is 11.5 Å². The number of para-hydroxylation sites is 1. The molecule has 228 valence electrons. The van der Waals surface area contributed by atoms with Crippen molar-refractivity contribution in [1.29, 1.82) is 0 Å². The summed E-state index contributed by atoms with van der Waals surface area (Å²) in [7, 11) is 1.31. The van der Waals surface area contributed by atoms with Gasteiger partial charge in [0.25, 0.3) is 10.1 Å². The minimum absolute atomic E-state index is 0.287. The number of methoxy groups -OCH3 is 1. The molecular formula is C33H40N2O7S+2. The number of fused-ring (bicyclic) bond motifs is 2. The molecule has 3 aromatic carbocycles. The van der Waals surface area contributed by atoms with E-state index < -0.39 is 22.1 Å². The molecule has 1 N–H and O–H groups in total. The highest BCUT2D eigenvalue weighted by molar-refractivity contribution is 7.85. The van der Waals surface area contributed by atoms with Crippen LogP contribution in [0.4, 0.5) is 0 Å². The van der Waals surface area contributed by atoms with Gasteiger partial charge < -0.3 is 14.0 Å². The molecule has 0 fully saturated rings. The summed E-state index contributed by atoms with van der Waals surface area (Å²) in [6.45, 7) is 7.58. The molecule has 9 nitrogen and oxygen atoms in total. The SMILES string of the molecule is CCC[n+]1c2ccccc2c(C(=O)Oc2c(C)cc(C(=O)OC)cc2C)c2cc(C[N+](C)(C)CCCS(=O)(=O)O)ccc21. The van der Waals surface area contributed by atoms with Crippen LogP contribution in [0, 0.1) is 13.8 Å². The number of nitrogens with zero attached hydrogens (tertiary/aromatic N) is 2. The number of esters is 2. The first-order valence-corrected chi connectivity index (χ1v) is 15.9. The maximum absolute atomic E-state index is 14.1. The van der Waals surface area contributed by atoms with E-state index in [1.54, 1.807) is 26.0 Å². The monoisotopic (exact) mass is 608 g/mol. The first kappa shape index (κ1) is 32.1. The number of aryl methyl sites for hydroxylation is 3. The third-order valence-electron chi connectivity index (χ3n) is 7.59. The fourth-order valence-electron chi connectivity index (χ4n) is 5.74. The van der Waals surface area contributed by atoms with E-state index in [0.29, 0.717) is 52.0 Å². The number of quaternary nitrogens is 1. The van der Waals surface area contributed by atoms with E-state index in [4.69, 9.17) is 14.0 Å². The highest BCUT2D eigenvalue weighted by Gasteiger charge is 2.27. The second-order valence-corrected chi connectivity index (χ2v) is 13.2. The van der Waals surface area contributed by atoms with Gasteiger partial charge in [-0.15, -0.1) is 0 Å². The Balaban J connectivity index is 1.83. The summed E-state index contributed by atoms with van der Waals surface area (Å²) in [5.41, 5.74) is 4.93. The molecule has 0 amide bonds. The fourth-order valence-corrected chi connectivity index (χ4v) is 6.23. The maximum atomic E-state index is 14.1. The maximum Gasteiger partial charge on any atom is 0.345 e. The largest absolute Gasteiger partial charge is 0.465 e. The van der Waals surface area contributed by atoms with Gasteiger partial charge in [-0.1, -0.05) is 19.1 Å². The Morgan fingerprint density at radius 3 is 2.21 bits per heavy atom. The third-order valence-corrected chi connectivity index (χ3v) is 8.39. The summed E-state index contributed by atoms with van der Waals surface area (Å²) in [5, 5.41) is 1.53. The number of rotatable bonds is 11. The van der Waals surface area contributed by atoms with Gasteiger partial charge >= 0.3 is 11.9 Å². The molecule has 0 spiro atoms. The van der Waals surface area contributed by atoms with Crippen LogP contribution in [0.25, 0.3) is 21.8 Å². The molecule has 0 atom stereocenters. The average molecular weight is 609 g/mol. The molecule has 0 aliphatic rings. The molecule has 10 heteroatoms. The first-order chi connectivity index (χ1) is 20.2. The molecule has 0 unspecified atom stereocenters. The molecule has 0 bridgehead atoms. The van der Waals surface area contributed by atoms with Crippen molar-refractivity contribution in [1.82, 2.24) is 0 Å². The zero-order valence-electron chi connectivity index (χ0n) is 25.6. The van der Waals surface area contributed by atoms with Gasteiger partial charge in [0.15, 0.2) is 0 Å². The van der Waals surface area contributed by atoms with Crippen molar-refractivity contribution in [2.75, 3.05) is 33.5 Å². The normalized spacial score (nSPS) is 12.1. The summed E-state index contributed by atoms with van der Waals surface area (Å²) in [4.78, 5) is 26.2. The molecular weight excluding hydrogens is 568 g/mol. The van der Waals surface area contributed by atoms with Crippen LogP contribution in [0.3, 0.4) is 0 Å². The smallest absolute Gasteiger partial charge is 0.345 e. The molecule has 4 aromatic rings. The fraction of sp³-hybridized carbons (Fsp3) is 0.364. The van der Waals surface area contributed by atoms with Crippen molar-refractivity contribution >= 4 is 43.9 Å². The van der Waals surface area contributed by atoms with Gasteiger partial charge in [-0.3, -0.25) is 4.55 Å². The van der Waals surface area contributed by atoms with E-state index >= 15 is 0 Å². The van der Waals surface area contributed by atoms with Crippen LogP contribution in [0.15, 0.2) is 54.6 Å². The minimum atomic E-state index is -4.02. The van der Waals surface area contributed by atoms with Crippen LogP contribution < -0.4 is 9.30 Å². The van der Waals surface area contributed by atoms with Gasteiger partial charge in [-0.05, 0) is 55.3 Å². The Labute approximate surface area is 253 Å². The highest BCUT2D eigenvalue weighted by atomic mass is 32.2. The number of aromatic nitrogens is 1. The van der Waals surface area contributed by atoms with Gasteiger partial charge in [0, 0.05) is 30.5 Å². The second-order valence-electron chi connectivity index (χ2n) is 11.7. The third kappa shape index (κ3) is 7.38. The molecule has 0 saturated heterocycles. The van der Waals surface area contributed by atoms with Crippen molar-refractivity contribution in [2.45, 2.75) is 46.7 Å². The summed E-state index contributed by atoms with van der Waals surface area (Å²) >= 11 is 0. The van der Waals surface area contributed by atoms with Crippen LogP contribution >= 0.6 is 0 Å². The lowest BCUT2D eigenvalue weighted by Gasteiger charge is -2.30. The number of hydrogen-bond donors (Lipinski definition) is 1. The van der Waals surface area contributed by atoms with E-state index in [0.717, 1.165) is 40.3 Å². The predicted molar refractivity (Wildman–Crippen MR) is 166 cm³/mol. The number of ether oxygens (including phenoxy) is 2. The highest BCUT2D eigenvalue weighted by Crippen LogP contribution is 2.31. The summed E-state index contributed by atoms with van der Waals surface area (Å²) in [5.74, 6) is -0.851. The number of pyridine rings is 1. The van der Waals surface area contributed by atoms with Crippen molar-refractivity contribution in [3.8, 4) is 5.75 Å². The molecule has 0 aliphatic heterocycles. The van der Waals surface area contributed by atoms with E-state index in [1.165, 1.54) is 7.11 Å². The van der Waals surface area contributed by atoms with Gasteiger partial charge in [-0.2, -0.15) is 13.0 Å². The van der Waals surface area contributed by atoms with Crippen LogP contribution in [0.5, 0.6) is 5.75 Å². The Kier molecular flexibility index (Phi) is 9.54. The van der Waals surface area contributed by atoms with Gasteiger partial charge in [0.2, 0.25) is 11.0 Å². The van der Waals surface area contributed by atoms with Crippen LogP contribution in [0.2, 0.25) is 0 Å². The van der Waals surface area contributed by atoms with Crippen molar-refractivity contribution in [3.63, 3.8) is 0 Å². The van der Waals surface area contributed by atoms with Crippen molar-refractivity contribution in [3.05, 3.63) is 82.4 Å². The number of benzene rings is 3. The van der Waals surface area contributed by atoms with Gasteiger partial charge in [0.1, 0.15) is 18.8 Å². The minimum Gasteiger partial charge on any atom is -0.465 e. The molecule has 0 aliphatic carbocycles. The lowest BCUT2D eigenvalue weighted by molar-refractivity contribution is -0.903. The molecule has 0 radical (unpaired) electrons. The molecule has 1 aromatic heterocycles. The van der Waals surface area contributed by atoms with E-state index in [-0.39, 0.29) is 5.75 Å². The zero-order chi connectivity index (χ0) is 31.5. The Bertz CT molecular complexity index is 1790. The van der Waals surface area contributed by atoms with E-state index in [9.17, 15) is 18.0 Å². The van der Waals surface area contributed by atoms with Crippen LogP contribution in [0.1, 0.15) is 57.2 Å². The topological polar surface area (TPSA) is 111 Å². The lowest BCUT2D eigenvalue weighted by atomic mass is 9.99. The Morgan fingerprint density at radius 1 is 0.930 bits per heavy atom. The summed E-state index contributed by atoms with van der Waals surface area (Å²) in [6.07, 6.45) is 1.23. The molecule has 0 saturated carbocycles. The predicted octanol–water partition coefficient (Wildman–Crippen LogP) is 5.17. The Morgan fingerprint density at radius 2 is 1.58 bits per heavy atom. The second kappa shape index (κ2) is 12.8. The quantitative estimate of drug-likeness (QED) is 0.0625.